The van der Waals surface area contributed by atoms with Crippen LogP contribution < -0.4 is 0 Å². The van der Waals surface area contributed by atoms with Crippen LogP contribution in [0.15, 0.2) is 25.3 Å². The summed E-state index contributed by atoms with van der Waals surface area (Å²) in [6.45, 7) is 4.31. The Bertz CT molecular complexity index is 978. The van der Waals surface area contributed by atoms with Crippen LogP contribution in [-0.2, 0) is 4.74 Å². The van der Waals surface area contributed by atoms with Crippen molar-refractivity contribution in [1.82, 2.24) is 0 Å². The standard InChI is InChI=1S/C20H12F26O/c1-3-5-7(9(15(29,30)31,16(32,33)34)11(21,22)13(25,26)19(41,42)43)47-8(6-4-2)10(17(35,36)37,18(38,39)40)12(23,24)14(27,28)20(44,45)46/h3-4,7-8H,1-2,5-6H2. The Balaban J connectivity index is 8.83. The molecule has 280 valence electrons. The molecule has 0 aromatic carbocycles. The van der Waals surface area contributed by atoms with E-state index in [-0.39, 0.29) is 0 Å². The molecule has 0 N–H and O–H groups in total. The quantitative estimate of drug-likeness (QED) is 0.142. The van der Waals surface area contributed by atoms with Gasteiger partial charge in [0.15, 0.2) is 0 Å². The molecular formula is C20H12F26O. The summed E-state index contributed by atoms with van der Waals surface area (Å²) < 4.78 is 360. The number of alkyl halides is 26. The lowest BCUT2D eigenvalue weighted by Crippen LogP contribution is -2.77. The fourth-order valence-electron chi connectivity index (χ4n) is 4.19. The molecule has 0 rings (SSSR count). The zero-order valence-corrected chi connectivity index (χ0v) is 21.4. The summed E-state index contributed by atoms with van der Waals surface area (Å²) >= 11 is 0. The summed E-state index contributed by atoms with van der Waals surface area (Å²) in [5.74, 6) is -35.2. The van der Waals surface area contributed by atoms with Crippen molar-refractivity contribution in [3.8, 4) is 0 Å². The second-order valence-electron chi connectivity index (χ2n) is 9.06. The molecule has 0 amide bonds. The molecule has 0 saturated heterocycles. The second kappa shape index (κ2) is 12.2. The van der Waals surface area contributed by atoms with Gasteiger partial charge in [0.2, 0.25) is 0 Å². The summed E-state index contributed by atoms with van der Waals surface area (Å²) in [6.07, 6.45) is -70.5. The lowest BCUT2D eigenvalue weighted by molar-refractivity contribution is -0.496. The van der Waals surface area contributed by atoms with E-state index in [0.717, 1.165) is 0 Å². The van der Waals surface area contributed by atoms with Gasteiger partial charge in [-0.2, -0.15) is 114 Å². The average molecular weight is 762 g/mol. The van der Waals surface area contributed by atoms with Gasteiger partial charge in [0, 0.05) is 0 Å². The van der Waals surface area contributed by atoms with Crippen LogP contribution in [0.3, 0.4) is 0 Å². The van der Waals surface area contributed by atoms with Crippen molar-refractivity contribution in [3.05, 3.63) is 25.3 Å². The van der Waals surface area contributed by atoms with E-state index in [2.05, 4.69) is 17.9 Å². The first-order valence-electron chi connectivity index (χ1n) is 10.9. The summed E-state index contributed by atoms with van der Waals surface area (Å²) in [5.41, 5.74) is -16.9. The molecule has 0 aliphatic heterocycles. The summed E-state index contributed by atoms with van der Waals surface area (Å²) in [5, 5.41) is 0. The highest BCUT2D eigenvalue weighted by molar-refractivity contribution is 5.19. The predicted molar refractivity (Wildman–Crippen MR) is 99.3 cm³/mol. The van der Waals surface area contributed by atoms with Gasteiger partial charge < -0.3 is 4.74 Å². The number of ether oxygens (including phenoxy) is 1. The van der Waals surface area contributed by atoms with Gasteiger partial charge in [-0.25, -0.2) is 0 Å². The Morgan fingerprint density at radius 1 is 0.340 bits per heavy atom. The van der Waals surface area contributed by atoms with Gasteiger partial charge in [0.25, 0.3) is 10.8 Å². The number of halogens is 26. The first kappa shape index (κ1) is 44.6. The van der Waals surface area contributed by atoms with E-state index in [1.54, 1.807) is 0 Å². The zero-order chi connectivity index (χ0) is 38.7. The molecule has 47 heavy (non-hydrogen) atoms. The molecule has 2 unspecified atom stereocenters. The fraction of sp³-hybridized carbons (Fsp3) is 0.800. The van der Waals surface area contributed by atoms with Crippen molar-refractivity contribution in [1.29, 1.82) is 0 Å². The van der Waals surface area contributed by atoms with Crippen molar-refractivity contribution in [2.45, 2.75) is 85.8 Å². The minimum atomic E-state index is -8.93. The highest BCUT2D eigenvalue weighted by Gasteiger charge is 2.97. The largest absolute Gasteiger partial charge is 0.459 e. The Hall–Kier alpha value is -2.38. The van der Waals surface area contributed by atoms with Gasteiger partial charge in [-0.1, -0.05) is 12.2 Å². The van der Waals surface area contributed by atoms with E-state index in [9.17, 15) is 114 Å². The normalized spacial score (nSPS) is 17.4. The van der Waals surface area contributed by atoms with Crippen LogP contribution in [0.1, 0.15) is 12.8 Å². The maximum atomic E-state index is 14.7. The third-order valence-electron chi connectivity index (χ3n) is 6.34. The third kappa shape index (κ3) is 6.29. The Morgan fingerprint density at radius 3 is 0.660 bits per heavy atom. The van der Waals surface area contributed by atoms with Gasteiger partial charge in [-0.3, -0.25) is 0 Å². The first-order chi connectivity index (χ1) is 20.1. The second-order valence-corrected chi connectivity index (χ2v) is 9.06. The van der Waals surface area contributed by atoms with Crippen molar-refractivity contribution in [2.24, 2.45) is 10.8 Å². The number of rotatable bonds is 12. The minimum Gasteiger partial charge on any atom is -0.371 e. The molecule has 0 aliphatic carbocycles. The zero-order valence-electron chi connectivity index (χ0n) is 21.4. The van der Waals surface area contributed by atoms with Crippen LogP contribution in [0.2, 0.25) is 0 Å². The lowest BCUT2D eigenvalue weighted by Gasteiger charge is -2.52. The van der Waals surface area contributed by atoms with Crippen LogP contribution >= 0.6 is 0 Å². The van der Waals surface area contributed by atoms with E-state index in [1.807, 2.05) is 0 Å². The topological polar surface area (TPSA) is 9.23 Å². The molecule has 0 aliphatic rings. The molecule has 0 aromatic heterocycles. The van der Waals surface area contributed by atoms with Crippen molar-refractivity contribution >= 4 is 0 Å². The number of hydrogen-bond donors (Lipinski definition) is 0. The third-order valence-corrected chi connectivity index (χ3v) is 6.34. The van der Waals surface area contributed by atoms with Crippen LogP contribution in [0.5, 0.6) is 0 Å². The molecule has 0 saturated carbocycles. The first-order valence-corrected chi connectivity index (χ1v) is 10.9. The van der Waals surface area contributed by atoms with Crippen molar-refractivity contribution < 1.29 is 119 Å². The minimum absolute atomic E-state index is 0.797. The van der Waals surface area contributed by atoms with E-state index >= 15 is 0 Å². The molecular weight excluding hydrogens is 750 g/mol. The van der Waals surface area contributed by atoms with Crippen molar-refractivity contribution in [3.63, 3.8) is 0 Å². The molecule has 2 atom stereocenters. The SMILES string of the molecule is C=CCC(OC(CC=C)C(C(F)(F)F)(C(F)(F)F)C(F)(F)C(F)(F)C(F)(F)F)C(C(F)(F)F)(C(F)(F)F)C(F)(F)C(F)(F)C(F)(F)F. The summed E-state index contributed by atoms with van der Waals surface area (Å²) in [7, 11) is 0. The highest BCUT2D eigenvalue weighted by atomic mass is 19.5. The molecule has 0 aromatic rings. The molecule has 0 radical (unpaired) electrons. The Kier molecular flexibility index (Phi) is 11.6. The van der Waals surface area contributed by atoms with Crippen molar-refractivity contribution in [2.75, 3.05) is 0 Å². The average Bonchev–Trinajstić information content (AvgIpc) is 2.73. The van der Waals surface area contributed by atoms with Crippen LogP contribution in [0.4, 0.5) is 114 Å². The molecule has 0 fully saturated rings. The van der Waals surface area contributed by atoms with Gasteiger partial charge in [0.05, 0.1) is 12.2 Å². The van der Waals surface area contributed by atoms with Gasteiger partial charge >= 0.3 is 60.7 Å². The van der Waals surface area contributed by atoms with Crippen LogP contribution in [0, 0.1) is 10.8 Å². The van der Waals surface area contributed by atoms with Crippen LogP contribution in [0.25, 0.3) is 0 Å². The van der Waals surface area contributed by atoms with E-state index in [1.165, 1.54) is 0 Å². The molecule has 0 spiro atoms. The van der Waals surface area contributed by atoms with Gasteiger partial charge in [0.1, 0.15) is 0 Å². The molecule has 27 heteroatoms. The predicted octanol–water partition coefficient (Wildman–Crippen LogP) is 10.8. The maximum Gasteiger partial charge on any atom is 0.459 e. The Labute approximate surface area is 242 Å². The summed E-state index contributed by atoms with van der Waals surface area (Å²) in [6, 6.07) is 0. The number of hydrogen-bond acceptors (Lipinski definition) is 1. The monoisotopic (exact) mass is 762 g/mol. The Morgan fingerprint density at radius 2 is 0.532 bits per heavy atom. The van der Waals surface area contributed by atoms with Gasteiger partial charge in [-0.05, 0) is 12.8 Å². The van der Waals surface area contributed by atoms with Crippen LogP contribution in [-0.4, -0.2) is 73.0 Å². The molecule has 0 heterocycles. The lowest BCUT2D eigenvalue weighted by atomic mass is 9.68. The maximum absolute atomic E-state index is 14.7. The summed E-state index contributed by atoms with van der Waals surface area (Å²) in [4.78, 5) is 0. The molecule has 0 bridgehead atoms. The smallest absolute Gasteiger partial charge is 0.371 e. The van der Waals surface area contributed by atoms with Gasteiger partial charge in [-0.15, -0.1) is 13.2 Å². The van der Waals surface area contributed by atoms with E-state index in [4.69, 9.17) is 0 Å². The highest BCUT2D eigenvalue weighted by Crippen LogP contribution is 2.71. The van der Waals surface area contributed by atoms with E-state index in [0.29, 0.717) is 0 Å². The molecule has 1 nitrogen and oxygen atoms in total. The van der Waals surface area contributed by atoms with E-state index < -0.39 is 109 Å². The fourth-order valence-corrected chi connectivity index (χ4v) is 4.19.